The van der Waals surface area contributed by atoms with Gasteiger partial charge in [0.1, 0.15) is 0 Å². The topological polar surface area (TPSA) is 56.1 Å². The fourth-order valence-electron chi connectivity index (χ4n) is 4.20. The van der Waals surface area contributed by atoms with Crippen LogP contribution in [0.25, 0.3) is 16.7 Å². The van der Waals surface area contributed by atoms with Crippen molar-refractivity contribution in [1.82, 2.24) is 9.55 Å². The van der Waals surface area contributed by atoms with Gasteiger partial charge in [-0.2, -0.15) is 0 Å². The number of esters is 1. The molecule has 0 fully saturated rings. The third kappa shape index (κ3) is 3.46. The highest BCUT2D eigenvalue weighted by Crippen LogP contribution is 2.42. The van der Waals surface area contributed by atoms with Gasteiger partial charge in [-0.05, 0) is 48.6 Å². The highest BCUT2D eigenvalue weighted by Gasteiger charge is 2.36. The van der Waals surface area contributed by atoms with Crippen molar-refractivity contribution in [3.63, 3.8) is 0 Å². The molecule has 1 aromatic heterocycles. The van der Waals surface area contributed by atoms with Gasteiger partial charge >= 0.3 is 5.97 Å². The summed E-state index contributed by atoms with van der Waals surface area (Å²) in [6.07, 6.45) is 2.05. The van der Waals surface area contributed by atoms with Crippen LogP contribution in [0, 0.1) is 0 Å². The minimum atomic E-state index is -0.371. The molecule has 1 N–H and O–H groups in total. The summed E-state index contributed by atoms with van der Waals surface area (Å²) in [4.78, 5) is 19.4. The number of carbonyl (C=O) groups excluding carboxylic acids is 1. The summed E-state index contributed by atoms with van der Waals surface area (Å²) < 4.78 is 7.66. The fourth-order valence-corrected chi connectivity index (χ4v) is 4.60. The van der Waals surface area contributed by atoms with Crippen LogP contribution in [0.4, 0.5) is 5.95 Å². The van der Waals surface area contributed by atoms with E-state index in [2.05, 4.69) is 40.4 Å². The zero-order chi connectivity index (χ0) is 22.1. The predicted octanol–water partition coefficient (Wildman–Crippen LogP) is 5.75. The standard InChI is InChI=1S/C26H23N3O2S/c1-3-31-25(30)22-23(17-9-5-4-6-10-17)28-26-27-20-11-7-8-12-21(20)29(26)24(22)18-13-15-19(32-2)16-14-18/h4-16,24H,3H2,1-2H3,(H,27,28)/t24-/m1/s1. The molecule has 32 heavy (non-hydrogen) atoms. The van der Waals surface area contributed by atoms with E-state index in [4.69, 9.17) is 9.72 Å². The first kappa shape index (κ1) is 20.4. The molecule has 160 valence electrons. The number of carbonyl (C=O) groups is 1. The van der Waals surface area contributed by atoms with Crippen molar-refractivity contribution in [2.24, 2.45) is 0 Å². The van der Waals surface area contributed by atoms with Gasteiger partial charge < -0.3 is 10.1 Å². The molecular weight excluding hydrogens is 418 g/mol. The lowest BCUT2D eigenvalue weighted by molar-refractivity contribution is -0.138. The van der Waals surface area contributed by atoms with Crippen molar-refractivity contribution in [3.8, 4) is 0 Å². The molecule has 0 radical (unpaired) electrons. The number of nitrogens with one attached hydrogen (secondary N) is 1. The number of para-hydroxylation sites is 2. The van der Waals surface area contributed by atoms with Crippen LogP contribution in [0.3, 0.4) is 0 Å². The molecule has 6 heteroatoms. The van der Waals surface area contributed by atoms with Gasteiger partial charge in [-0.25, -0.2) is 9.78 Å². The van der Waals surface area contributed by atoms with Gasteiger partial charge in [-0.15, -0.1) is 11.8 Å². The maximum Gasteiger partial charge on any atom is 0.338 e. The van der Waals surface area contributed by atoms with Crippen molar-refractivity contribution in [3.05, 3.63) is 95.6 Å². The highest BCUT2D eigenvalue weighted by atomic mass is 32.2. The summed E-state index contributed by atoms with van der Waals surface area (Å²) in [6.45, 7) is 2.14. The van der Waals surface area contributed by atoms with Crippen molar-refractivity contribution < 1.29 is 9.53 Å². The second-order valence-corrected chi connectivity index (χ2v) is 8.35. The summed E-state index contributed by atoms with van der Waals surface area (Å²) in [6, 6.07) is 25.8. The molecule has 1 atom stereocenters. The van der Waals surface area contributed by atoms with E-state index in [1.54, 1.807) is 11.8 Å². The summed E-state index contributed by atoms with van der Waals surface area (Å²) in [5, 5.41) is 3.44. The summed E-state index contributed by atoms with van der Waals surface area (Å²) >= 11 is 1.69. The zero-order valence-corrected chi connectivity index (χ0v) is 18.7. The Morgan fingerprint density at radius 3 is 2.47 bits per heavy atom. The van der Waals surface area contributed by atoms with Gasteiger partial charge in [0.25, 0.3) is 0 Å². The molecule has 0 saturated heterocycles. The lowest BCUT2D eigenvalue weighted by Crippen LogP contribution is -2.29. The Bertz CT molecular complexity index is 1310. The Morgan fingerprint density at radius 1 is 1.03 bits per heavy atom. The minimum absolute atomic E-state index is 0.306. The Balaban J connectivity index is 1.81. The predicted molar refractivity (Wildman–Crippen MR) is 130 cm³/mol. The van der Waals surface area contributed by atoms with Crippen molar-refractivity contribution in [2.75, 3.05) is 18.2 Å². The second kappa shape index (κ2) is 8.55. The molecule has 0 unspecified atom stereocenters. The van der Waals surface area contributed by atoms with Crippen LogP contribution >= 0.6 is 11.8 Å². The molecule has 5 rings (SSSR count). The molecular formula is C26H23N3O2S. The molecule has 0 spiro atoms. The molecule has 0 amide bonds. The maximum atomic E-state index is 13.4. The molecule has 5 nitrogen and oxygen atoms in total. The number of imidazole rings is 1. The Labute approximate surface area is 191 Å². The highest BCUT2D eigenvalue weighted by molar-refractivity contribution is 7.98. The second-order valence-electron chi connectivity index (χ2n) is 7.47. The molecule has 0 aliphatic carbocycles. The third-order valence-corrected chi connectivity index (χ3v) is 6.37. The largest absolute Gasteiger partial charge is 0.463 e. The smallest absolute Gasteiger partial charge is 0.338 e. The Morgan fingerprint density at radius 2 is 1.75 bits per heavy atom. The van der Waals surface area contributed by atoms with Gasteiger partial charge in [0.15, 0.2) is 0 Å². The van der Waals surface area contributed by atoms with E-state index >= 15 is 0 Å². The van der Waals surface area contributed by atoms with E-state index in [1.165, 1.54) is 4.90 Å². The van der Waals surface area contributed by atoms with E-state index in [0.717, 1.165) is 27.9 Å². The number of hydrogen-bond acceptors (Lipinski definition) is 5. The average Bonchev–Trinajstić information content (AvgIpc) is 3.22. The number of aromatic nitrogens is 2. The summed E-state index contributed by atoms with van der Waals surface area (Å²) in [5.41, 5.74) is 5.06. The van der Waals surface area contributed by atoms with Crippen LogP contribution in [0.1, 0.15) is 24.1 Å². The van der Waals surface area contributed by atoms with Crippen LogP contribution in [0.15, 0.2) is 89.3 Å². The monoisotopic (exact) mass is 441 g/mol. The Kier molecular flexibility index (Phi) is 5.45. The minimum Gasteiger partial charge on any atom is -0.463 e. The van der Waals surface area contributed by atoms with Gasteiger partial charge in [-0.3, -0.25) is 4.57 Å². The first-order valence-electron chi connectivity index (χ1n) is 10.6. The lowest BCUT2D eigenvalue weighted by Gasteiger charge is -2.31. The molecule has 1 aliphatic rings. The average molecular weight is 442 g/mol. The van der Waals surface area contributed by atoms with E-state index in [1.807, 2.05) is 61.5 Å². The first-order valence-corrected chi connectivity index (χ1v) is 11.8. The maximum absolute atomic E-state index is 13.4. The molecule has 4 aromatic rings. The molecule has 1 aliphatic heterocycles. The van der Waals surface area contributed by atoms with Gasteiger partial charge in [0, 0.05) is 4.90 Å². The number of ether oxygens (including phenoxy) is 1. The van der Waals surface area contributed by atoms with Crippen LogP contribution in [0.5, 0.6) is 0 Å². The van der Waals surface area contributed by atoms with Gasteiger partial charge in [0.2, 0.25) is 5.95 Å². The van der Waals surface area contributed by atoms with Crippen molar-refractivity contribution >= 4 is 40.4 Å². The van der Waals surface area contributed by atoms with Crippen LogP contribution in [-0.4, -0.2) is 28.4 Å². The van der Waals surface area contributed by atoms with Crippen molar-refractivity contribution in [2.45, 2.75) is 17.9 Å². The van der Waals surface area contributed by atoms with Crippen molar-refractivity contribution in [1.29, 1.82) is 0 Å². The van der Waals surface area contributed by atoms with E-state index < -0.39 is 0 Å². The van der Waals surface area contributed by atoms with Gasteiger partial charge in [-0.1, -0.05) is 54.6 Å². The number of thioether (sulfide) groups is 1. The molecule has 3 aromatic carbocycles. The summed E-state index contributed by atoms with van der Waals surface area (Å²) in [5.74, 6) is 0.373. The normalized spacial score (nSPS) is 15.4. The van der Waals surface area contributed by atoms with E-state index in [-0.39, 0.29) is 12.0 Å². The number of anilines is 1. The first-order chi connectivity index (χ1) is 15.7. The number of nitrogens with zero attached hydrogens (tertiary/aromatic N) is 2. The number of benzene rings is 3. The van der Waals surface area contributed by atoms with Crippen LogP contribution in [0.2, 0.25) is 0 Å². The van der Waals surface area contributed by atoms with E-state index in [0.29, 0.717) is 18.1 Å². The zero-order valence-electron chi connectivity index (χ0n) is 17.9. The SMILES string of the molecule is CCOC(=O)C1=C(c2ccccc2)Nc2nc3ccccc3n2[C@@H]1c1ccc(SC)cc1. The quantitative estimate of drug-likeness (QED) is 0.316. The fraction of sp³-hybridized carbons (Fsp3) is 0.154. The number of fused-ring (bicyclic) bond motifs is 3. The molecule has 0 bridgehead atoms. The van der Waals surface area contributed by atoms with Crippen LogP contribution in [-0.2, 0) is 9.53 Å². The van der Waals surface area contributed by atoms with Crippen LogP contribution < -0.4 is 5.32 Å². The van der Waals surface area contributed by atoms with E-state index in [9.17, 15) is 4.79 Å². The third-order valence-electron chi connectivity index (χ3n) is 5.62. The Hall–Kier alpha value is -3.51. The molecule has 2 heterocycles. The number of hydrogen-bond donors (Lipinski definition) is 1. The lowest BCUT2D eigenvalue weighted by atomic mass is 9.92. The molecule has 0 saturated carbocycles. The van der Waals surface area contributed by atoms with Gasteiger partial charge in [0.05, 0.1) is 35.0 Å². The summed E-state index contributed by atoms with van der Waals surface area (Å²) in [7, 11) is 0. The number of rotatable bonds is 5.